The van der Waals surface area contributed by atoms with Gasteiger partial charge in [-0.05, 0) is 19.2 Å². The molecule has 0 spiro atoms. The van der Waals surface area contributed by atoms with Crippen LogP contribution in [0.5, 0.6) is 0 Å². The Morgan fingerprint density at radius 1 is 1.47 bits per heavy atom. The molecular formula is C10H12ClN3O2S. The molecule has 0 bridgehead atoms. The Hall–Kier alpha value is -1.16. The van der Waals surface area contributed by atoms with Crippen molar-refractivity contribution in [3.63, 3.8) is 0 Å². The molecule has 1 aromatic heterocycles. The number of aromatic nitrogens is 1. The second kappa shape index (κ2) is 5.00. The van der Waals surface area contributed by atoms with Gasteiger partial charge in [-0.2, -0.15) is 5.26 Å². The maximum Gasteiger partial charge on any atom is 0.185 e. The van der Waals surface area contributed by atoms with Crippen LogP contribution in [0.3, 0.4) is 0 Å². The van der Waals surface area contributed by atoms with Crippen LogP contribution in [0.4, 0.5) is 0 Å². The maximum atomic E-state index is 12.0. The van der Waals surface area contributed by atoms with E-state index in [1.54, 1.807) is 0 Å². The highest BCUT2D eigenvalue weighted by atomic mass is 35.5. The van der Waals surface area contributed by atoms with Gasteiger partial charge in [-0.3, -0.25) is 0 Å². The minimum absolute atomic E-state index is 0. The van der Waals surface area contributed by atoms with E-state index in [-0.39, 0.29) is 28.2 Å². The number of halogens is 1. The van der Waals surface area contributed by atoms with Crippen molar-refractivity contribution >= 4 is 22.2 Å². The summed E-state index contributed by atoms with van der Waals surface area (Å²) in [5, 5.41) is 8.22. The molecule has 5 nitrogen and oxygen atoms in total. The first-order valence-electron chi connectivity index (χ1n) is 4.82. The fourth-order valence-electron chi connectivity index (χ4n) is 1.65. The van der Waals surface area contributed by atoms with E-state index in [1.807, 2.05) is 18.0 Å². The number of sulfone groups is 1. The summed E-state index contributed by atoms with van der Waals surface area (Å²) in [6.45, 7) is 1.12. The van der Waals surface area contributed by atoms with Crippen molar-refractivity contribution in [2.45, 2.75) is 10.1 Å². The molecule has 7 heteroatoms. The van der Waals surface area contributed by atoms with Crippen LogP contribution in [0.15, 0.2) is 23.2 Å². The standard InChI is InChI=1S/C10H11N3O2S.ClH/c1-13-6-10(7-13)16(14,15)9-3-2-8(4-11)12-5-9;/h2-3,5,10H,6-7H2,1H3;1H. The summed E-state index contributed by atoms with van der Waals surface area (Å²) in [6.07, 6.45) is 1.26. The molecule has 0 saturated carbocycles. The van der Waals surface area contributed by atoms with Gasteiger partial charge >= 0.3 is 0 Å². The van der Waals surface area contributed by atoms with Gasteiger partial charge in [0, 0.05) is 19.3 Å². The monoisotopic (exact) mass is 273 g/mol. The van der Waals surface area contributed by atoms with Crippen molar-refractivity contribution in [2.24, 2.45) is 0 Å². The lowest BCUT2D eigenvalue weighted by molar-refractivity contribution is 0.232. The molecule has 1 aromatic rings. The van der Waals surface area contributed by atoms with E-state index in [0.717, 1.165) is 0 Å². The van der Waals surface area contributed by atoms with E-state index in [1.165, 1.54) is 18.3 Å². The van der Waals surface area contributed by atoms with Gasteiger partial charge in [-0.1, -0.05) is 0 Å². The fraction of sp³-hybridized carbons (Fsp3) is 0.400. The van der Waals surface area contributed by atoms with Crippen LogP contribution in [-0.2, 0) is 9.84 Å². The zero-order valence-corrected chi connectivity index (χ0v) is 10.8. The van der Waals surface area contributed by atoms with Crippen molar-refractivity contribution in [3.8, 4) is 6.07 Å². The molecule has 1 fully saturated rings. The van der Waals surface area contributed by atoms with E-state index < -0.39 is 9.84 Å². The topological polar surface area (TPSA) is 74.1 Å². The summed E-state index contributed by atoms with van der Waals surface area (Å²) < 4.78 is 24.0. The third kappa shape index (κ3) is 2.57. The highest BCUT2D eigenvalue weighted by molar-refractivity contribution is 7.92. The Kier molecular flexibility index (Phi) is 4.09. The largest absolute Gasteiger partial charge is 0.304 e. The number of rotatable bonds is 2. The minimum Gasteiger partial charge on any atom is -0.304 e. The Morgan fingerprint density at radius 3 is 2.53 bits per heavy atom. The molecule has 17 heavy (non-hydrogen) atoms. The molecule has 2 rings (SSSR count). The predicted molar refractivity (Wildman–Crippen MR) is 64.7 cm³/mol. The molecule has 0 atom stereocenters. The summed E-state index contributed by atoms with van der Waals surface area (Å²) >= 11 is 0. The van der Waals surface area contributed by atoms with Crippen LogP contribution >= 0.6 is 12.4 Å². The third-order valence-corrected chi connectivity index (χ3v) is 4.72. The van der Waals surface area contributed by atoms with Gasteiger partial charge in [0.05, 0.1) is 10.1 Å². The summed E-state index contributed by atoms with van der Waals surface area (Å²) in [7, 11) is -1.40. The van der Waals surface area contributed by atoms with Crippen LogP contribution < -0.4 is 0 Å². The highest BCUT2D eigenvalue weighted by Gasteiger charge is 2.36. The van der Waals surface area contributed by atoms with E-state index in [9.17, 15) is 8.42 Å². The average molecular weight is 274 g/mol. The molecule has 0 aromatic carbocycles. The summed E-state index contributed by atoms with van der Waals surface area (Å²) in [5.74, 6) is 0. The average Bonchev–Trinajstić information content (AvgIpc) is 2.25. The normalized spacial score (nSPS) is 16.7. The molecule has 0 amide bonds. The molecule has 1 aliphatic heterocycles. The van der Waals surface area contributed by atoms with E-state index in [2.05, 4.69) is 4.98 Å². The van der Waals surface area contributed by atoms with E-state index >= 15 is 0 Å². The molecule has 0 radical (unpaired) electrons. The Morgan fingerprint density at radius 2 is 2.12 bits per heavy atom. The second-order valence-electron chi connectivity index (χ2n) is 3.88. The highest BCUT2D eigenvalue weighted by Crippen LogP contribution is 2.21. The number of nitrogens with zero attached hydrogens (tertiary/aromatic N) is 3. The third-order valence-electron chi connectivity index (χ3n) is 2.65. The first kappa shape index (κ1) is 13.9. The number of nitriles is 1. The molecule has 2 heterocycles. The van der Waals surface area contributed by atoms with Gasteiger partial charge in [0.15, 0.2) is 9.84 Å². The molecule has 0 aliphatic carbocycles. The number of likely N-dealkylation sites (tertiary alicyclic amines) is 1. The van der Waals surface area contributed by atoms with Gasteiger partial charge < -0.3 is 4.90 Å². The summed E-state index contributed by atoms with van der Waals surface area (Å²) in [6, 6.07) is 4.73. The molecule has 1 saturated heterocycles. The van der Waals surface area contributed by atoms with Crippen molar-refractivity contribution in [2.75, 3.05) is 20.1 Å². The van der Waals surface area contributed by atoms with Crippen molar-refractivity contribution < 1.29 is 8.42 Å². The molecule has 92 valence electrons. The lowest BCUT2D eigenvalue weighted by Crippen LogP contribution is -2.52. The Balaban J connectivity index is 0.00000144. The molecule has 0 unspecified atom stereocenters. The lowest BCUT2D eigenvalue weighted by atomic mass is 10.2. The summed E-state index contributed by atoms with van der Waals surface area (Å²) in [4.78, 5) is 5.91. The van der Waals surface area contributed by atoms with Crippen LogP contribution in [0, 0.1) is 11.3 Å². The number of pyridine rings is 1. The number of hydrogen-bond acceptors (Lipinski definition) is 5. The van der Waals surface area contributed by atoms with Gasteiger partial charge in [0.25, 0.3) is 0 Å². The van der Waals surface area contributed by atoms with Crippen LogP contribution in [0.25, 0.3) is 0 Å². The fourth-order valence-corrected chi connectivity index (χ4v) is 3.39. The van der Waals surface area contributed by atoms with Crippen molar-refractivity contribution in [1.82, 2.24) is 9.88 Å². The van der Waals surface area contributed by atoms with Crippen molar-refractivity contribution in [1.29, 1.82) is 5.26 Å². The zero-order chi connectivity index (χ0) is 11.8. The first-order valence-corrected chi connectivity index (χ1v) is 6.37. The van der Waals surface area contributed by atoms with E-state index in [0.29, 0.717) is 13.1 Å². The Bertz CT molecular complexity index is 530. The van der Waals surface area contributed by atoms with Gasteiger partial charge in [0.2, 0.25) is 0 Å². The Labute approximate surface area is 106 Å². The quantitative estimate of drug-likeness (QED) is 0.783. The van der Waals surface area contributed by atoms with Gasteiger partial charge in [0.1, 0.15) is 11.8 Å². The van der Waals surface area contributed by atoms with Crippen LogP contribution in [0.2, 0.25) is 0 Å². The van der Waals surface area contributed by atoms with Gasteiger partial charge in [-0.15, -0.1) is 12.4 Å². The zero-order valence-electron chi connectivity index (χ0n) is 9.20. The van der Waals surface area contributed by atoms with E-state index in [4.69, 9.17) is 5.26 Å². The SMILES string of the molecule is CN1CC(S(=O)(=O)c2ccc(C#N)nc2)C1.Cl. The van der Waals surface area contributed by atoms with Crippen LogP contribution in [0.1, 0.15) is 5.69 Å². The second-order valence-corrected chi connectivity index (χ2v) is 6.11. The maximum absolute atomic E-state index is 12.0. The van der Waals surface area contributed by atoms with Crippen molar-refractivity contribution in [3.05, 3.63) is 24.0 Å². The number of hydrogen-bond donors (Lipinski definition) is 0. The molecule has 0 N–H and O–H groups in total. The molecular weight excluding hydrogens is 262 g/mol. The van der Waals surface area contributed by atoms with Crippen LogP contribution in [-0.4, -0.2) is 43.7 Å². The smallest absolute Gasteiger partial charge is 0.185 e. The summed E-state index contributed by atoms with van der Waals surface area (Å²) in [5.41, 5.74) is 0.227. The predicted octanol–water partition coefficient (Wildman–Crippen LogP) is 0.463. The van der Waals surface area contributed by atoms with Gasteiger partial charge in [-0.25, -0.2) is 13.4 Å². The lowest BCUT2D eigenvalue weighted by Gasteiger charge is -2.35. The first-order chi connectivity index (χ1) is 7.54. The minimum atomic E-state index is -3.27. The molecule has 1 aliphatic rings.